The smallest absolute Gasteiger partial charge is 0.346 e. The second kappa shape index (κ2) is 6.04. The van der Waals surface area contributed by atoms with Gasteiger partial charge in [-0.1, -0.05) is 0 Å². The summed E-state index contributed by atoms with van der Waals surface area (Å²) in [6.45, 7) is 1.88. The molecular weight excluding hydrogens is 318 g/mol. The molecule has 0 fully saturated rings. The zero-order valence-electron chi connectivity index (χ0n) is 10.6. The zero-order chi connectivity index (χ0) is 14.8. The lowest BCUT2D eigenvalue weighted by Crippen LogP contribution is -2.25. The molecule has 2 rings (SSSR count). The molecule has 5 nitrogen and oxygen atoms in total. The van der Waals surface area contributed by atoms with Gasteiger partial charge in [0.25, 0.3) is 0 Å². The highest BCUT2D eigenvalue weighted by Gasteiger charge is 2.21. The lowest BCUT2D eigenvalue weighted by Gasteiger charge is -2.03. The first-order chi connectivity index (χ1) is 9.40. The number of carboxylic acids is 1. The van der Waals surface area contributed by atoms with Gasteiger partial charge in [-0.2, -0.15) is 11.3 Å². The lowest BCUT2D eigenvalue weighted by molar-refractivity contribution is 0.0701. The molecule has 0 saturated heterocycles. The van der Waals surface area contributed by atoms with Crippen LogP contribution in [0.3, 0.4) is 0 Å². The minimum Gasteiger partial charge on any atom is -0.477 e. The van der Waals surface area contributed by atoms with E-state index in [2.05, 4.69) is 4.72 Å². The van der Waals surface area contributed by atoms with Crippen molar-refractivity contribution < 1.29 is 18.3 Å². The Hall–Kier alpha value is -1.22. The topological polar surface area (TPSA) is 83.5 Å². The van der Waals surface area contributed by atoms with Crippen molar-refractivity contribution in [1.29, 1.82) is 0 Å². The number of carbonyl (C=O) groups is 1. The molecule has 0 atom stereocenters. The highest BCUT2D eigenvalue weighted by Crippen LogP contribution is 2.25. The fourth-order valence-electron chi connectivity index (χ4n) is 1.63. The van der Waals surface area contributed by atoms with Crippen LogP contribution in [0, 0.1) is 6.92 Å². The number of rotatable bonds is 6. The van der Waals surface area contributed by atoms with E-state index in [1.54, 1.807) is 18.3 Å². The van der Waals surface area contributed by atoms with Crippen LogP contribution in [-0.2, 0) is 16.4 Å². The van der Waals surface area contributed by atoms with E-state index in [1.807, 2.05) is 16.8 Å². The maximum absolute atomic E-state index is 12.1. The molecule has 2 heterocycles. The van der Waals surface area contributed by atoms with Crippen molar-refractivity contribution in [2.45, 2.75) is 17.6 Å². The highest BCUT2D eigenvalue weighted by molar-refractivity contribution is 7.91. The van der Waals surface area contributed by atoms with Gasteiger partial charge in [-0.3, -0.25) is 0 Å². The van der Waals surface area contributed by atoms with Crippen LogP contribution in [-0.4, -0.2) is 26.0 Å². The molecule has 0 radical (unpaired) electrons. The molecule has 108 valence electrons. The summed E-state index contributed by atoms with van der Waals surface area (Å²) < 4.78 is 26.6. The summed E-state index contributed by atoms with van der Waals surface area (Å²) in [6.07, 6.45) is 0.610. The molecule has 0 unspecified atom stereocenters. The number of aromatic carboxylic acids is 1. The Balaban J connectivity index is 2.06. The summed E-state index contributed by atoms with van der Waals surface area (Å²) in [5.41, 5.74) is 1.53. The van der Waals surface area contributed by atoms with Crippen LogP contribution in [0.25, 0.3) is 0 Å². The Morgan fingerprint density at radius 3 is 2.75 bits per heavy atom. The van der Waals surface area contributed by atoms with Crippen molar-refractivity contribution in [3.63, 3.8) is 0 Å². The summed E-state index contributed by atoms with van der Waals surface area (Å²) in [5, 5.41) is 12.8. The van der Waals surface area contributed by atoms with Crippen molar-refractivity contribution >= 4 is 38.7 Å². The first-order valence-electron chi connectivity index (χ1n) is 5.74. The van der Waals surface area contributed by atoms with Crippen molar-refractivity contribution in [2.75, 3.05) is 6.54 Å². The van der Waals surface area contributed by atoms with Gasteiger partial charge in [-0.15, -0.1) is 11.3 Å². The van der Waals surface area contributed by atoms with E-state index in [0.717, 1.165) is 16.9 Å². The van der Waals surface area contributed by atoms with Crippen LogP contribution in [0.15, 0.2) is 27.1 Å². The van der Waals surface area contributed by atoms with Crippen LogP contribution >= 0.6 is 22.7 Å². The summed E-state index contributed by atoms with van der Waals surface area (Å²) >= 11 is 2.34. The van der Waals surface area contributed by atoms with E-state index in [-0.39, 0.29) is 9.09 Å². The van der Waals surface area contributed by atoms with Gasteiger partial charge < -0.3 is 5.11 Å². The van der Waals surface area contributed by atoms with Gasteiger partial charge in [0.2, 0.25) is 10.0 Å². The van der Waals surface area contributed by atoms with Crippen LogP contribution in [0.1, 0.15) is 20.8 Å². The molecule has 0 aliphatic rings. The minimum atomic E-state index is -3.64. The summed E-state index contributed by atoms with van der Waals surface area (Å²) in [6, 6.07) is 3.33. The molecule has 0 aliphatic carbocycles. The van der Waals surface area contributed by atoms with Gasteiger partial charge in [0.05, 0.1) is 0 Å². The van der Waals surface area contributed by atoms with Crippen molar-refractivity contribution in [1.82, 2.24) is 4.72 Å². The maximum atomic E-state index is 12.1. The van der Waals surface area contributed by atoms with Crippen molar-refractivity contribution in [2.24, 2.45) is 0 Å². The van der Waals surface area contributed by atoms with E-state index in [4.69, 9.17) is 5.11 Å². The number of aryl methyl sites for hydroxylation is 1. The summed E-state index contributed by atoms with van der Waals surface area (Å²) in [5.74, 6) is -1.10. The monoisotopic (exact) mass is 331 g/mol. The Labute approximate surface area is 124 Å². The lowest BCUT2D eigenvalue weighted by atomic mass is 10.2. The maximum Gasteiger partial charge on any atom is 0.346 e. The molecule has 0 aromatic carbocycles. The average Bonchev–Trinajstić information content (AvgIpc) is 2.98. The zero-order valence-corrected chi connectivity index (χ0v) is 13.1. The van der Waals surface area contributed by atoms with Crippen LogP contribution in [0.2, 0.25) is 0 Å². The predicted molar refractivity (Wildman–Crippen MR) is 79.2 cm³/mol. The third-order valence-corrected chi connectivity index (χ3v) is 6.53. The molecule has 2 aromatic heterocycles. The third-order valence-electron chi connectivity index (χ3n) is 2.64. The Bertz CT molecular complexity index is 701. The highest BCUT2D eigenvalue weighted by atomic mass is 32.2. The van der Waals surface area contributed by atoms with Crippen LogP contribution < -0.4 is 4.72 Å². The SMILES string of the molecule is Cc1cc(S(=O)(=O)NCCc2ccsc2)sc1C(=O)O. The molecule has 0 aliphatic heterocycles. The number of carboxylic acid groups (broad SMARTS) is 1. The van der Waals surface area contributed by atoms with E-state index >= 15 is 0 Å². The second-order valence-electron chi connectivity index (χ2n) is 4.16. The van der Waals surface area contributed by atoms with Gasteiger partial charge >= 0.3 is 5.97 Å². The number of nitrogens with one attached hydrogen (secondary N) is 1. The molecule has 0 saturated carbocycles. The van der Waals surface area contributed by atoms with Gasteiger partial charge in [0.1, 0.15) is 9.09 Å². The number of thiophene rings is 2. The van der Waals surface area contributed by atoms with E-state index < -0.39 is 16.0 Å². The van der Waals surface area contributed by atoms with Gasteiger partial charge in [-0.25, -0.2) is 17.9 Å². The Morgan fingerprint density at radius 2 is 2.20 bits per heavy atom. The van der Waals surface area contributed by atoms with Gasteiger partial charge in [0, 0.05) is 6.54 Å². The molecule has 2 aromatic rings. The Morgan fingerprint density at radius 1 is 1.45 bits per heavy atom. The number of sulfonamides is 1. The van der Waals surface area contributed by atoms with Crippen LogP contribution in [0.5, 0.6) is 0 Å². The molecule has 0 bridgehead atoms. The van der Waals surface area contributed by atoms with E-state index in [1.165, 1.54) is 6.07 Å². The molecule has 0 amide bonds. The molecule has 20 heavy (non-hydrogen) atoms. The van der Waals surface area contributed by atoms with Crippen LogP contribution in [0.4, 0.5) is 0 Å². The second-order valence-corrected chi connectivity index (χ2v) is 7.99. The quantitative estimate of drug-likeness (QED) is 0.851. The van der Waals surface area contributed by atoms with Crippen molar-refractivity contribution in [3.8, 4) is 0 Å². The van der Waals surface area contributed by atoms with E-state index in [9.17, 15) is 13.2 Å². The normalized spacial score (nSPS) is 11.7. The minimum absolute atomic E-state index is 0.0396. The largest absolute Gasteiger partial charge is 0.477 e. The summed E-state index contributed by atoms with van der Waals surface area (Å²) in [7, 11) is -3.64. The van der Waals surface area contributed by atoms with Gasteiger partial charge in [-0.05, 0) is 47.4 Å². The molecule has 2 N–H and O–H groups in total. The Kier molecular flexibility index (Phi) is 4.59. The predicted octanol–water partition coefficient (Wildman–Crippen LogP) is 2.34. The number of hydrogen-bond acceptors (Lipinski definition) is 5. The van der Waals surface area contributed by atoms with E-state index in [0.29, 0.717) is 18.5 Å². The number of hydrogen-bond donors (Lipinski definition) is 2. The fourth-order valence-corrected chi connectivity index (χ4v) is 4.79. The first-order valence-corrected chi connectivity index (χ1v) is 8.99. The molecular formula is C12H13NO4S3. The van der Waals surface area contributed by atoms with Crippen molar-refractivity contribution in [3.05, 3.63) is 38.9 Å². The fraction of sp³-hybridized carbons (Fsp3) is 0.250. The average molecular weight is 331 g/mol. The third kappa shape index (κ3) is 3.45. The standard InChI is InChI=1S/C12H13NO4S3/c1-8-6-10(19-11(8)12(14)15)20(16,17)13-4-2-9-3-5-18-7-9/h3,5-7,13H,2,4H2,1H3,(H,14,15). The summed E-state index contributed by atoms with van der Waals surface area (Å²) in [4.78, 5) is 11.0. The first kappa shape index (κ1) is 15.2. The molecule has 8 heteroatoms. The molecule has 0 spiro atoms. The van der Waals surface area contributed by atoms with Gasteiger partial charge in [0.15, 0.2) is 0 Å².